The van der Waals surface area contributed by atoms with Crippen LogP contribution < -0.4 is 0 Å². The molecule has 0 aliphatic heterocycles. The van der Waals surface area contributed by atoms with Gasteiger partial charge in [-0.05, 0) is 38.3 Å². The molecule has 1 saturated carbocycles. The fourth-order valence-corrected chi connectivity index (χ4v) is 1.94. The van der Waals surface area contributed by atoms with Gasteiger partial charge in [-0.2, -0.15) is 0 Å². The standard InChI is InChI=1S/C13H14N2O/c1-8-3-6-11(14-7-8)12-9(2)15-16-13(12)10-4-5-10/h3,6-7,10H,4-5H2,1-2H3. The molecule has 0 saturated heterocycles. The molecule has 0 amide bonds. The average Bonchev–Trinajstić information content (AvgIpc) is 3.05. The van der Waals surface area contributed by atoms with E-state index < -0.39 is 0 Å². The van der Waals surface area contributed by atoms with Crippen molar-refractivity contribution < 1.29 is 4.52 Å². The van der Waals surface area contributed by atoms with Gasteiger partial charge in [0.05, 0.1) is 17.0 Å². The number of hydrogen-bond donors (Lipinski definition) is 0. The Morgan fingerprint density at radius 2 is 2.06 bits per heavy atom. The Kier molecular flexibility index (Phi) is 2.06. The van der Waals surface area contributed by atoms with Crippen LogP contribution in [0.25, 0.3) is 11.3 Å². The van der Waals surface area contributed by atoms with Crippen LogP contribution >= 0.6 is 0 Å². The Morgan fingerprint density at radius 1 is 1.25 bits per heavy atom. The lowest BCUT2D eigenvalue weighted by Crippen LogP contribution is -1.88. The normalized spacial score (nSPS) is 15.4. The highest BCUT2D eigenvalue weighted by molar-refractivity contribution is 5.65. The number of rotatable bonds is 2. The summed E-state index contributed by atoms with van der Waals surface area (Å²) in [5.74, 6) is 1.59. The third kappa shape index (κ3) is 1.52. The Hall–Kier alpha value is -1.64. The minimum atomic E-state index is 0.569. The van der Waals surface area contributed by atoms with E-state index in [1.165, 1.54) is 18.4 Å². The molecule has 2 aromatic heterocycles. The van der Waals surface area contributed by atoms with E-state index in [1.54, 1.807) is 0 Å². The predicted octanol–water partition coefficient (Wildman–Crippen LogP) is 3.23. The van der Waals surface area contributed by atoms with Crippen LogP contribution in [0, 0.1) is 13.8 Å². The maximum absolute atomic E-state index is 5.41. The van der Waals surface area contributed by atoms with Crippen molar-refractivity contribution in [2.45, 2.75) is 32.6 Å². The molecule has 3 heteroatoms. The third-order valence-corrected chi connectivity index (χ3v) is 3.00. The second-order valence-electron chi connectivity index (χ2n) is 4.50. The smallest absolute Gasteiger partial charge is 0.149 e. The minimum Gasteiger partial charge on any atom is -0.360 e. The zero-order valence-electron chi connectivity index (χ0n) is 9.53. The molecule has 0 atom stereocenters. The highest BCUT2D eigenvalue weighted by Crippen LogP contribution is 2.45. The van der Waals surface area contributed by atoms with E-state index in [1.807, 2.05) is 26.1 Å². The van der Waals surface area contributed by atoms with Gasteiger partial charge in [-0.3, -0.25) is 4.98 Å². The summed E-state index contributed by atoms with van der Waals surface area (Å²) in [6.45, 7) is 4.02. The van der Waals surface area contributed by atoms with Crippen LogP contribution in [0.4, 0.5) is 0 Å². The summed E-state index contributed by atoms with van der Waals surface area (Å²) in [5.41, 5.74) is 4.19. The van der Waals surface area contributed by atoms with Gasteiger partial charge in [0.2, 0.25) is 0 Å². The first kappa shape index (κ1) is 9.58. The van der Waals surface area contributed by atoms with E-state index in [0.717, 1.165) is 22.7 Å². The lowest BCUT2D eigenvalue weighted by atomic mass is 10.1. The molecule has 0 aromatic carbocycles. The zero-order valence-corrected chi connectivity index (χ0v) is 9.53. The van der Waals surface area contributed by atoms with Crippen LogP contribution in [-0.4, -0.2) is 10.1 Å². The largest absolute Gasteiger partial charge is 0.360 e. The number of nitrogens with zero attached hydrogens (tertiary/aromatic N) is 2. The van der Waals surface area contributed by atoms with Gasteiger partial charge in [0.15, 0.2) is 0 Å². The Morgan fingerprint density at radius 3 is 2.69 bits per heavy atom. The molecule has 3 nitrogen and oxygen atoms in total. The molecule has 0 N–H and O–H groups in total. The second kappa shape index (κ2) is 3.44. The molecule has 2 heterocycles. The summed E-state index contributed by atoms with van der Waals surface area (Å²) in [6, 6.07) is 4.12. The number of aromatic nitrogens is 2. The molecule has 0 spiro atoms. The highest BCUT2D eigenvalue weighted by atomic mass is 16.5. The predicted molar refractivity (Wildman–Crippen MR) is 61.2 cm³/mol. The second-order valence-corrected chi connectivity index (χ2v) is 4.50. The van der Waals surface area contributed by atoms with E-state index in [4.69, 9.17) is 4.52 Å². The monoisotopic (exact) mass is 214 g/mol. The van der Waals surface area contributed by atoms with Crippen molar-refractivity contribution in [3.05, 3.63) is 35.3 Å². The van der Waals surface area contributed by atoms with Gasteiger partial charge >= 0.3 is 0 Å². The summed E-state index contributed by atoms with van der Waals surface area (Å²) in [7, 11) is 0. The molecule has 3 rings (SSSR count). The Bertz CT molecular complexity index is 509. The first-order valence-electron chi connectivity index (χ1n) is 5.65. The van der Waals surface area contributed by atoms with E-state index in [2.05, 4.69) is 16.2 Å². The van der Waals surface area contributed by atoms with Crippen molar-refractivity contribution in [1.82, 2.24) is 10.1 Å². The van der Waals surface area contributed by atoms with Crippen LogP contribution in [0.3, 0.4) is 0 Å². The number of pyridine rings is 1. The van der Waals surface area contributed by atoms with E-state index in [-0.39, 0.29) is 0 Å². The van der Waals surface area contributed by atoms with Crippen molar-refractivity contribution in [1.29, 1.82) is 0 Å². The molecular weight excluding hydrogens is 200 g/mol. The first-order valence-corrected chi connectivity index (χ1v) is 5.65. The van der Waals surface area contributed by atoms with Crippen LogP contribution in [0.15, 0.2) is 22.9 Å². The van der Waals surface area contributed by atoms with Crippen molar-refractivity contribution in [2.75, 3.05) is 0 Å². The van der Waals surface area contributed by atoms with Gasteiger partial charge in [0.1, 0.15) is 5.76 Å². The van der Waals surface area contributed by atoms with Gasteiger partial charge < -0.3 is 4.52 Å². The molecular formula is C13H14N2O. The lowest BCUT2D eigenvalue weighted by molar-refractivity contribution is 0.381. The molecule has 1 aliphatic rings. The van der Waals surface area contributed by atoms with Crippen molar-refractivity contribution in [3.63, 3.8) is 0 Å². The lowest BCUT2D eigenvalue weighted by Gasteiger charge is -2.01. The van der Waals surface area contributed by atoms with Gasteiger partial charge in [0.25, 0.3) is 0 Å². The highest BCUT2D eigenvalue weighted by Gasteiger charge is 2.32. The fraction of sp³-hybridized carbons (Fsp3) is 0.385. The van der Waals surface area contributed by atoms with Crippen LogP contribution in [0.5, 0.6) is 0 Å². The molecule has 2 aromatic rings. The molecule has 1 aliphatic carbocycles. The van der Waals surface area contributed by atoms with Crippen LogP contribution in [0.2, 0.25) is 0 Å². The summed E-state index contributed by atoms with van der Waals surface area (Å²) in [6.07, 6.45) is 4.32. The fourth-order valence-electron chi connectivity index (χ4n) is 1.94. The van der Waals surface area contributed by atoms with Crippen molar-refractivity contribution >= 4 is 0 Å². The minimum absolute atomic E-state index is 0.569. The van der Waals surface area contributed by atoms with Gasteiger partial charge in [-0.25, -0.2) is 0 Å². The summed E-state index contributed by atoms with van der Waals surface area (Å²) in [4.78, 5) is 4.45. The molecule has 16 heavy (non-hydrogen) atoms. The third-order valence-electron chi connectivity index (χ3n) is 3.00. The van der Waals surface area contributed by atoms with E-state index in [0.29, 0.717) is 5.92 Å². The summed E-state index contributed by atoms with van der Waals surface area (Å²) in [5, 5.41) is 4.06. The number of aryl methyl sites for hydroxylation is 2. The molecule has 0 radical (unpaired) electrons. The van der Waals surface area contributed by atoms with E-state index >= 15 is 0 Å². The Labute approximate surface area is 94.5 Å². The van der Waals surface area contributed by atoms with Crippen molar-refractivity contribution in [2.24, 2.45) is 0 Å². The average molecular weight is 214 g/mol. The molecule has 1 fully saturated rings. The summed E-state index contributed by atoms with van der Waals surface area (Å²) >= 11 is 0. The SMILES string of the molecule is Cc1ccc(-c2c(C)noc2C2CC2)nc1. The van der Waals surface area contributed by atoms with Gasteiger partial charge in [0, 0.05) is 12.1 Å². The van der Waals surface area contributed by atoms with Crippen LogP contribution in [-0.2, 0) is 0 Å². The van der Waals surface area contributed by atoms with Gasteiger partial charge in [-0.15, -0.1) is 0 Å². The molecule has 82 valence electrons. The maximum Gasteiger partial charge on any atom is 0.149 e. The summed E-state index contributed by atoms with van der Waals surface area (Å²) < 4.78 is 5.41. The zero-order chi connectivity index (χ0) is 11.1. The van der Waals surface area contributed by atoms with Crippen LogP contribution in [0.1, 0.15) is 35.8 Å². The maximum atomic E-state index is 5.41. The van der Waals surface area contributed by atoms with Gasteiger partial charge in [-0.1, -0.05) is 11.2 Å². The number of hydrogen-bond acceptors (Lipinski definition) is 3. The first-order chi connectivity index (χ1) is 7.75. The van der Waals surface area contributed by atoms with E-state index in [9.17, 15) is 0 Å². The quantitative estimate of drug-likeness (QED) is 0.770. The molecule has 0 bridgehead atoms. The molecule has 0 unspecified atom stereocenters. The topological polar surface area (TPSA) is 38.9 Å². The van der Waals surface area contributed by atoms with Crippen molar-refractivity contribution in [3.8, 4) is 11.3 Å². The Balaban J connectivity index is 2.10.